The molecule has 0 atom stereocenters. The molecule has 32 heavy (non-hydrogen) atoms. The minimum atomic E-state index is -0.919. The molecule has 0 spiro atoms. The highest BCUT2D eigenvalue weighted by atomic mass is 32.2. The van der Waals surface area contributed by atoms with E-state index in [-0.39, 0.29) is 5.82 Å². The predicted molar refractivity (Wildman–Crippen MR) is 125 cm³/mol. The number of rotatable bonds is 9. The van der Waals surface area contributed by atoms with E-state index in [2.05, 4.69) is 16.1 Å². The Morgan fingerprint density at radius 3 is 2.72 bits per heavy atom. The lowest BCUT2D eigenvalue weighted by Gasteiger charge is -2.29. The standard InChI is InChI=1S/C25H24FN3O2S/c26-21-11-9-19(10-12-21)6-3-16-32-24-23(25(30)31)8-2-14-28(24)18-20-5-1-7-22(17-20)29-15-4-13-27-29/h1-2,4-5,7-13,15,17H,3,6,14,16,18H2,(H,30,31). The average molecular weight is 450 g/mol. The fraction of sp³-hybridized carbons (Fsp3) is 0.200. The number of carboxylic acids is 1. The molecular formula is C25H24FN3O2S. The van der Waals surface area contributed by atoms with Gasteiger partial charge in [0.1, 0.15) is 5.82 Å². The van der Waals surface area contributed by atoms with Crippen molar-refractivity contribution in [3.05, 3.63) is 107 Å². The van der Waals surface area contributed by atoms with Crippen LogP contribution >= 0.6 is 11.8 Å². The summed E-state index contributed by atoms with van der Waals surface area (Å²) in [4.78, 5) is 14.0. The normalized spacial score (nSPS) is 13.6. The summed E-state index contributed by atoms with van der Waals surface area (Å²) in [5.41, 5.74) is 3.46. The highest BCUT2D eigenvalue weighted by Gasteiger charge is 2.21. The number of hydrogen-bond donors (Lipinski definition) is 1. The monoisotopic (exact) mass is 449 g/mol. The van der Waals surface area contributed by atoms with E-state index in [1.165, 1.54) is 12.1 Å². The molecular weight excluding hydrogens is 425 g/mol. The molecule has 0 aliphatic carbocycles. The second-order valence-electron chi connectivity index (χ2n) is 7.51. The van der Waals surface area contributed by atoms with Crippen molar-refractivity contribution >= 4 is 17.7 Å². The van der Waals surface area contributed by atoms with Gasteiger partial charge in [-0.3, -0.25) is 0 Å². The highest BCUT2D eigenvalue weighted by molar-refractivity contribution is 8.03. The van der Waals surface area contributed by atoms with E-state index in [9.17, 15) is 14.3 Å². The Labute approximate surface area is 190 Å². The van der Waals surface area contributed by atoms with E-state index in [0.717, 1.165) is 40.4 Å². The molecule has 5 nitrogen and oxygen atoms in total. The van der Waals surface area contributed by atoms with Gasteiger partial charge in [-0.15, -0.1) is 11.8 Å². The van der Waals surface area contributed by atoms with Gasteiger partial charge in [0, 0.05) is 25.5 Å². The molecule has 164 valence electrons. The number of nitrogens with zero attached hydrogens (tertiary/aromatic N) is 3. The van der Waals surface area contributed by atoms with Gasteiger partial charge in [0.15, 0.2) is 0 Å². The van der Waals surface area contributed by atoms with Gasteiger partial charge in [-0.2, -0.15) is 5.10 Å². The largest absolute Gasteiger partial charge is 0.478 e. The average Bonchev–Trinajstić information content (AvgIpc) is 3.34. The van der Waals surface area contributed by atoms with Crippen LogP contribution in [0.5, 0.6) is 0 Å². The maximum Gasteiger partial charge on any atom is 0.338 e. The molecule has 1 aromatic heterocycles. The van der Waals surface area contributed by atoms with Crippen molar-refractivity contribution in [2.75, 3.05) is 12.3 Å². The van der Waals surface area contributed by atoms with Crippen LogP contribution in [0.25, 0.3) is 5.69 Å². The number of thioether (sulfide) groups is 1. The Hall–Kier alpha value is -3.32. The molecule has 1 N–H and O–H groups in total. The summed E-state index contributed by atoms with van der Waals surface area (Å²) < 4.78 is 14.9. The molecule has 0 amide bonds. The first-order chi connectivity index (χ1) is 15.6. The fourth-order valence-corrected chi connectivity index (χ4v) is 4.74. The number of carbonyl (C=O) groups is 1. The molecule has 1 aliphatic rings. The SMILES string of the molecule is O=C(O)C1=C(SCCCc2ccc(F)cc2)N(Cc2cccc(-n3cccn3)c2)CC=C1. The van der Waals surface area contributed by atoms with Crippen molar-refractivity contribution < 1.29 is 14.3 Å². The molecule has 4 rings (SSSR count). The first-order valence-electron chi connectivity index (χ1n) is 10.5. The second-order valence-corrected chi connectivity index (χ2v) is 8.59. The third-order valence-electron chi connectivity index (χ3n) is 5.17. The van der Waals surface area contributed by atoms with E-state index in [4.69, 9.17) is 0 Å². The number of benzene rings is 2. The molecule has 0 radical (unpaired) electrons. The van der Waals surface area contributed by atoms with Crippen molar-refractivity contribution in [3.8, 4) is 5.69 Å². The van der Waals surface area contributed by atoms with Crippen LogP contribution in [0, 0.1) is 5.82 Å². The molecule has 0 bridgehead atoms. The fourth-order valence-electron chi connectivity index (χ4n) is 3.63. The van der Waals surface area contributed by atoms with Crippen molar-refractivity contribution in [1.29, 1.82) is 0 Å². The van der Waals surface area contributed by atoms with Crippen LogP contribution in [0.2, 0.25) is 0 Å². The topological polar surface area (TPSA) is 58.4 Å². The third kappa shape index (κ3) is 5.48. The zero-order chi connectivity index (χ0) is 22.3. The van der Waals surface area contributed by atoms with Crippen molar-refractivity contribution in [2.45, 2.75) is 19.4 Å². The molecule has 0 saturated carbocycles. The zero-order valence-corrected chi connectivity index (χ0v) is 18.3. The van der Waals surface area contributed by atoms with Crippen LogP contribution in [0.3, 0.4) is 0 Å². The smallest absolute Gasteiger partial charge is 0.338 e. The van der Waals surface area contributed by atoms with Gasteiger partial charge in [-0.05, 0) is 66.1 Å². The van der Waals surface area contributed by atoms with E-state index in [1.54, 1.807) is 36.2 Å². The summed E-state index contributed by atoms with van der Waals surface area (Å²) in [7, 11) is 0. The Balaban J connectivity index is 1.45. The Morgan fingerprint density at radius 1 is 1.12 bits per heavy atom. The van der Waals surface area contributed by atoms with Crippen molar-refractivity contribution in [2.24, 2.45) is 0 Å². The van der Waals surface area contributed by atoms with Gasteiger partial charge in [-0.25, -0.2) is 13.9 Å². The summed E-state index contributed by atoms with van der Waals surface area (Å²) in [6.45, 7) is 1.26. The molecule has 2 aromatic carbocycles. The second kappa shape index (κ2) is 10.3. The molecule has 2 heterocycles. The van der Waals surface area contributed by atoms with Crippen LogP contribution in [-0.4, -0.2) is 38.1 Å². The summed E-state index contributed by atoms with van der Waals surface area (Å²) in [5.74, 6) is -0.376. The van der Waals surface area contributed by atoms with Crippen LogP contribution in [0.1, 0.15) is 17.5 Å². The van der Waals surface area contributed by atoms with Crippen LogP contribution < -0.4 is 0 Å². The van der Waals surface area contributed by atoms with Crippen LogP contribution in [-0.2, 0) is 17.8 Å². The maximum absolute atomic E-state index is 13.1. The molecule has 3 aromatic rings. The number of aromatic nitrogens is 2. The van der Waals surface area contributed by atoms with Crippen molar-refractivity contribution in [1.82, 2.24) is 14.7 Å². The van der Waals surface area contributed by atoms with E-state index >= 15 is 0 Å². The number of halogens is 1. The lowest BCUT2D eigenvalue weighted by atomic mass is 10.1. The van der Waals surface area contributed by atoms with Crippen LogP contribution in [0.4, 0.5) is 4.39 Å². The zero-order valence-electron chi connectivity index (χ0n) is 17.5. The van der Waals surface area contributed by atoms with Crippen molar-refractivity contribution in [3.63, 3.8) is 0 Å². The first kappa shape index (κ1) is 21.9. The van der Waals surface area contributed by atoms with Gasteiger partial charge < -0.3 is 10.0 Å². The maximum atomic E-state index is 13.1. The Kier molecular flexibility index (Phi) is 7.07. The van der Waals surface area contributed by atoms with E-state index in [0.29, 0.717) is 18.7 Å². The molecule has 7 heteroatoms. The number of carboxylic acid groups (broad SMARTS) is 1. The summed E-state index contributed by atoms with van der Waals surface area (Å²) in [5, 5.41) is 14.8. The van der Waals surface area contributed by atoms with Gasteiger partial charge in [0.05, 0.1) is 16.3 Å². The Bertz CT molecular complexity index is 1120. The molecule has 1 aliphatic heterocycles. The van der Waals surface area contributed by atoms with E-state index in [1.807, 2.05) is 41.2 Å². The quantitative estimate of drug-likeness (QED) is 0.464. The van der Waals surface area contributed by atoms with Gasteiger partial charge in [0.25, 0.3) is 0 Å². The number of aliphatic carboxylic acids is 1. The highest BCUT2D eigenvalue weighted by Crippen LogP contribution is 2.30. The number of aryl methyl sites for hydroxylation is 1. The lowest BCUT2D eigenvalue weighted by molar-refractivity contribution is -0.132. The number of hydrogen-bond acceptors (Lipinski definition) is 4. The minimum Gasteiger partial charge on any atom is -0.478 e. The lowest BCUT2D eigenvalue weighted by Crippen LogP contribution is -2.27. The molecule has 0 saturated heterocycles. The third-order valence-corrected chi connectivity index (χ3v) is 6.42. The molecule has 0 unspecified atom stereocenters. The summed E-state index contributed by atoms with van der Waals surface area (Å²) in [6, 6.07) is 16.5. The summed E-state index contributed by atoms with van der Waals surface area (Å²) >= 11 is 1.57. The molecule has 0 fully saturated rings. The first-order valence-corrected chi connectivity index (χ1v) is 11.4. The van der Waals surface area contributed by atoms with Gasteiger partial charge in [-0.1, -0.05) is 30.3 Å². The van der Waals surface area contributed by atoms with Gasteiger partial charge >= 0.3 is 5.97 Å². The van der Waals surface area contributed by atoms with Gasteiger partial charge in [0.2, 0.25) is 0 Å². The Morgan fingerprint density at radius 2 is 1.97 bits per heavy atom. The van der Waals surface area contributed by atoms with E-state index < -0.39 is 5.97 Å². The van der Waals surface area contributed by atoms with Crippen LogP contribution in [0.15, 0.2) is 89.7 Å². The minimum absolute atomic E-state index is 0.236. The summed E-state index contributed by atoms with van der Waals surface area (Å²) in [6.07, 6.45) is 8.92. The predicted octanol–water partition coefficient (Wildman–Crippen LogP) is 5.05.